The molecule has 2 aliphatic heterocycles. The van der Waals surface area contributed by atoms with Gasteiger partial charge in [-0.25, -0.2) is 0 Å². The van der Waals surface area contributed by atoms with Crippen molar-refractivity contribution in [1.82, 2.24) is 0 Å². The number of ether oxygens (including phenoxy) is 3. The van der Waals surface area contributed by atoms with Gasteiger partial charge in [-0.3, -0.25) is 0 Å². The number of aliphatic hydroxyl groups excluding tert-OH is 4. The second kappa shape index (κ2) is 8.09. The van der Waals surface area contributed by atoms with E-state index in [0.29, 0.717) is 23.6 Å². The van der Waals surface area contributed by atoms with Gasteiger partial charge in [0.15, 0.2) is 0 Å². The number of hydrogen-bond donors (Lipinski definition) is 4. The molecule has 2 aromatic rings. The van der Waals surface area contributed by atoms with Gasteiger partial charge in [-0.2, -0.15) is 0 Å². The average molecular weight is 437 g/mol. The molecule has 3 unspecified atom stereocenters. The predicted molar refractivity (Wildman–Crippen MR) is 108 cm³/mol. The molecule has 4 N–H and O–H groups in total. The maximum Gasteiger partial charge on any atom is 0.225 e. The lowest BCUT2D eigenvalue weighted by atomic mass is 9.83. The van der Waals surface area contributed by atoms with Gasteiger partial charge < -0.3 is 34.6 Å². The lowest BCUT2D eigenvalue weighted by Crippen LogP contribution is -2.65. The van der Waals surface area contributed by atoms with E-state index in [2.05, 4.69) is 0 Å². The Bertz CT molecular complexity index is 905. The molecule has 5 atom stereocenters. The molecule has 0 saturated carbocycles. The van der Waals surface area contributed by atoms with Crippen LogP contribution in [0.1, 0.15) is 23.6 Å². The Morgan fingerprint density at radius 1 is 1.10 bits per heavy atom. The highest BCUT2D eigenvalue weighted by Crippen LogP contribution is 2.49. The zero-order valence-corrected chi connectivity index (χ0v) is 17.2. The van der Waals surface area contributed by atoms with Crippen molar-refractivity contribution < 1.29 is 34.6 Å². The molecule has 0 spiro atoms. The molecule has 4 rings (SSSR count). The topological polar surface area (TPSA) is 109 Å². The Hall–Kier alpha value is -1.71. The minimum absolute atomic E-state index is 0.171. The summed E-state index contributed by atoms with van der Waals surface area (Å²) in [5.41, 5.74) is 0.719. The molecule has 0 aromatic heterocycles. The lowest BCUT2D eigenvalue weighted by Gasteiger charge is -2.46. The Labute approximate surface area is 179 Å². The van der Waals surface area contributed by atoms with Gasteiger partial charge in [0.05, 0.1) is 19.8 Å². The molecule has 2 bridgehead atoms. The molecule has 2 fully saturated rings. The zero-order valence-electron chi connectivity index (χ0n) is 16.5. The van der Waals surface area contributed by atoms with Crippen molar-refractivity contribution in [1.29, 1.82) is 0 Å². The fourth-order valence-electron chi connectivity index (χ4n) is 4.09. The molecule has 0 radical (unpaired) electrons. The van der Waals surface area contributed by atoms with Crippen molar-refractivity contribution in [3.8, 4) is 5.75 Å². The van der Waals surface area contributed by atoms with Gasteiger partial charge in [-0.1, -0.05) is 29.8 Å². The SMILES string of the molecule is CCOc1ccc(Cc2cc([C@]34OC[C@](CO)(O3)C(O)C(O)C4O)ccc2Cl)cc1. The molecule has 0 aliphatic carbocycles. The van der Waals surface area contributed by atoms with Crippen LogP contribution in [0.25, 0.3) is 0 Å². The Kier molecular flexibility index (Phi) is 5.80. The van der Waals surface area contributed by atoms with Crippen molar-refractivity contribution in [2.45, 2.75) is 43.0 Å². The quantitative estimate of drug-likeness (QED) is 0.541. The van der Waals surface area contributed by atoms with Crippen molar-refractivity contribution >= 4 is 11.6 Å². The molecule has 162 valence electrons. The monoisotopic (exact) mass is 436 g/mol. The van der Waals surface area contributed by atoms with Gasteiger partial charge >= 0.3 is 0 Å². The zero-order chi connectivity index (χ0) is 21.5. The first-order valence-corrected chi connectivity index (χ1v) is 10.2. The van der Waals surface area contributed by atoms with Crippen LogP contribution in [0.5, 0.6) is 5.75 Å². The molecule has 7 nitrogen and oxygen atoms in total. The predicted octanol–water partition coefficient (Wildman–Crippen LogP) is 1.36. The number of halogens is 1. The number of rotatable bonds is 6. The molecule has 2 saturated heterocycles. The summed E-state index contributed by atoms with van der Waals surface area (Å²) in [4.78, 5) is 0. The Morgan fingerprint density at radius 2 is 1.83 bits per heavy atom. The van der Waals surface area contributed by atoms with Gasteiger partial charge in [0.1, 0.15) is 29.7 Å². The fraction of sp³-hybridized carbons (Fsp3) is 0.455. The molecule has 0 amide bonds. The van der Waals surface area contributed by atoms with E-state index < -0.39 is 36.3 Å². The van der Waals surface area contributed by atoms with Gasteiger partial charge in [-0.05, 0) is 48.7 Å². The molecular formula is C22H25ClO7. The van der Waals surface area contributed by atoms with Crippen LogP contribution < -0.4 is 4.74 Å². The summed E-state index contributed by atoms with van der Waals surface area (Å²) < 4.78 is 17.1. The van der Waals surface area contributed by atoms with Crippen LogP contribution in [0.15, 0.2) is 42.5 Å². The summed E-state index contributed by atoms with van der Waals surface area (Å²) in [6.45, 7) is 1.78. The van der Waals surface area contributed by atoms with Gasteiger partial charge in [0, 0.05) is 10.6 Å². The van der Waals surface area contributed by atoms with Gasteiger partial charge in [0.25, 0.3) is 0 Å². The Morgan fingerprint density at radius 3 is 2.50 bits per heavy atom. The number of fused-ring (bicyclic) bond motifs is 2. The fourth-order valence-corrected chi connectivity index (χ4v) is 4.28. The molecule has 2 aliphatic rings. The minimum Gasteiger partial charge on any atom is -0.494 e. The van der Waals surface area contributed by atoms with Crippen LogP contribution in [0.4, 0.5) is 0 Å². The first kappa shape index (κ1) is 21.5. The summed E-state index contributed by atoms with van der Waals surface area (Å²) in [5, 5.41) is 41.7. The van der Waals surface area contributed by atoms with Gasteiger partial charge in [0.2, 0.25) is 5.79 Å². The maximum absolute atomic E-state index is 10.7. The van der Waals surface area contributed by atoms with Crippen molar-refractivity contribution in [3.63, 3.8) is 0 Å². The third kappa shape index (κ3) is 3.40. The van der Waals surface area contributed by atoms with Crippen LogP contribution in [0.3, 0.4) is 0 Å². The largest absolute Gasteiger partial charge is 0.494 e. The minimum atomic E-state index is -1.71. The number of aliphatic hydroxyl groups is 4. The van der Waals surface area contributed by atoms with Crippen LogP contribution in [-0.2, 0) is 21.7 Å². The van der Waals surface area contributed by atoms with Crippen molar-refractivity contribution in [3.05, 3.63) is 64.2 Å². The summed E-state index contributed by atoms with van der Waals surface area (Å²) in [6.07, 6.45) is -4.06. The normalized spacial score (nSPS) is 32.9. The van der Waals surface area contributed by atoms with E-state index in [-0.39, 0.29) is 6.61 Å². The van der Waals surface area contributed by atoms with E-state index in [1.54, 1.807) is 18.2 Å². The molecule has 2 aromatic carbocycles. The maximum atomic E-state index is 10.7. The van der Waals surface area contributed by atoms with E-state index in [9.17, 15) is 20.4 Å². The van der Waals surface area contributed by atoms with Crippen LogP contribution in [-0.4, -0.2) is 64.2 Å². The number of hydrogen-bond acceptors (Lipinski definition) is 7. The second-order valence-corrected chi connectivity index (χ2v) is 8.13. The summed E-state index contributed by atoms with van der Waals surface area (Å²) in [6, 6.07) is 12.7. The Balaban J connectivity index is 1.66. The summed E-state index contributed by atoms with van der Waals surface area (Å²) in [5.74, 6) is -0.925. The van der Waals surface area contributed by atoms with Crippen molar-refractivity contribution in [2.24, 2.45) is 0 Å². The summed E-state index contributed by atoms with van der Waals surface area (Å²) >= 11 is 6.41. The lowest BCUT2D eigenvalue weighted by molar-refractivity contribution is -0.329. The molecule has 2 heterocycles. The summed E-state index contributed by atoms with van der Waals surface area (Å²) in [7, 11) is 0. The molecule has 8 heteroatoms. The molecule has 30 heavy (non-hydrogen) atoms. The number of benzene rings is 2. The highest BCUT2D eigenvalue weighted by Gasteiger charge is 2.67. The second-order valence-electron chi connectivity index (χ2n) is 7.72. The third-order valence-corrected chi connectivity index (χ3v) is 6.17. The van der Waals surface area contributed by atoms with E-state index in [1.165, 1.54) is 0 Å². The average Bonchev–Trinajstić information content (AvgIpc) is 3.14. The van der Waals surface area contributed by atoms with Crippen LogP contribution in [0, 0.1) is 0 Å². The van der Waals surface area contributed by atoms with Crippen LogP contribution >= 0.6 is 11.6 Å². The van der Waals surface area contributed by atoms with E-state index in [1.807, 2.05) is 31.2 Å². The first-order valence-electron chi connectivity index (χ1n) is 9.85. The first-order chi connectivity index (χ1) is 14.3. The van der Waals surface area contributed by atoms with E-state index in [4.69, 9.17) is 25.8 Å². The smallest absolute Gasteiger partial charge is 0.225 e. The molecular weight excluding hydrogens is 412 g/mol. The van der Waals surface area contributed by atoms with Crippen LogP contribution in [0.2, 0.25) is 5.02 Å². The highest BCUT2D eigenvalue weighted by atomic mass is 35.5. The third-order valence-electron chi connectivity index (χ3n) is 5.81. The van der Waals surface area contributed by atoms with E-state index in [0.717, 1.165) is 16.9 Å². The highest BCUT2D eigenvalue weighted by molar-refractivity contribution is 6.31. The standard InChI is InChI=1S/C22H25ClO7/c1-2-28-16-6-3-13(4-7-16)9-14-10-15(5-8-17(14)23)22-20(27)18(25)19(26)21(11-24,30-22)12-29-22/h3-8,10,18-20,24-27H,2,9,11-12H2,1H3/t18?,19?,20?,21-,22-/m0/s1. The van der Waals surface area contributed by atoms with Crippen molar-refractivity contribution in [2.75, 3.05) is 19.8 Å². The van der Waals surface area contributed by atoms with Gasteiger partial charge in [-0.15, -0.1) is 0 Å². The van der Waals surface area contributed by atoms with E-state index >= 15 is 0 Å².